The van der Waals surface area contributed by atoms with E-state index in [1.54, 1.807) is 19.2 Å². The van der Waals surface area contributed by atoms with Crippen LogP contribution in [-0.2, 0) is 12.8 Å². The van der Waals surface area contributed by atoms with Gasteiger partial charge in [-0.2, -0.15) is 0 Å². The molecule has 0 saturated heterocycles. The van der Waals surface area contributed by atoms with E-state index in [4.69, 9.17) is 0 Å². The Bertz CT molecular complexity index is 693. The summed E-state index contributed by atoms with van der Waals surface area (Å²) in [5.74, 6) is -0.907. The topological polar surface area (TPSA) is 32.3 Å². The van der Waals surface area contributed by atoms with Gasteiger partial charge in [-0.3, -0.25) is 0 Å². The molecule has 124 valence electrons. The molecule has 0 fully saturated rings. The SMILES string of the molecule is CNCC(O)C1c2ccc(F)cc2CCc2c(F)cccc21.Cl. The van der Waals surface area contributed by atoms with Gasteiger partial charge in [0.2, 0.25) is 0 Å². The van der Waals surface area contributed by atoms with Gasteiger partial charge in [-0.25, -0.2) is 8.78 Å². The van der Waals surface area contributed by atoms with Crippen molar-refractivity contribution in [3.05, 3.63) is 70.3 Å². The zero-order chi connectivity index (χ0) is 15.7. The Balaban J connectivity index is 0.00000192. The third kappa shape index (κ3) is 3.39. The van der Waals surface area contributed by atoms with Gasteiger partial charge < -0.3 is 10.4 Å². The molecule has 2 N–H and O–H groups in total. The maximum absolute atomic E-state index is 14.2. The predicted octanol–water partition coefficient (Wildman–Crippen LogP) is 3.20. The van der Waals surface area contributed by atoms with E-state index in [9.17, 15) is 13.9 Å². The highest BCUT2D eigenvalue weighted by molar-refractivity contribution is 5.85. The van der Waals surface area contributed by atoms with Crippen LogP contribution < -0.4 is 5.32 Å². The van der Waals surface area contributed by atoms with Crippen molar-refractivity contribution in [2.75, 3.05) is 13.6 Å². The van der Waals surface area contributed by atoms with Crippen LogP contribution in [0.3, 0.4) is 0 Å². The van der Waals surface area contributed by atoms with Gasteiger partial charge in [0.05, 0.1) is 6.10 Å². The fourth-order valence-corrected chi connectivity index (χ4v) is 3.39. The van der Waals surface area contributed by atoms with Gasteiger partial charge in [0.25, 0.3) is 0 Å². The summed E-state index contributed by atoms with van der Waals surface area (Å²) in [7, 11) is 1.76. The van der Waals surface area contributed by atoms with E-state index in [0.717, 1.165) is 16.7 Å². The number of aryl methyl sites for hydroxylation is 1. The molecule has 0 bridgehead atoms. The first-order chi connectivity index (χ1) is 10.6. The molecule has 0 aromatic heterocycles. The fraction of sp³-hybridized carbons (Fsp3) is 0.333. The van der Waals surface area contributed by atoms with E-state index in [-0.39, 0.29) is 30.0 Å². The van der Waals surface area contributed by atoms with Crippen LogP contribution >= 0.6 is 12.4 Å². The van der Waals surface area contributed by atoms with Gasteiger partial charge in [0, 0.05) is 12.5 Å². The lowest BCUT2D eigenvalue weighted by molar-refractivity contribution is 0.156. The molecular weight excluding hydrogens is 320 g/mol. The lowest BCUT2D eigenvalue weighted by Crippen LogP contribution is -2.31. The lowest BCUT2D eigenvalue weighted by atomic mass is 9.83. The average molecular weight is 340 g/mol. The molecule has 2 atom stereocenters. The molecule has 0 radical (unpaired) electrons. The Kier molecular flexibility index (Phi) is 5.74. The van der Waals surface area contributed by atoms with Crippen LogP contribution in [0.15, 0.2) is 36.4 Å². The minimum atomic E-state index is -0.701. The Morgan fingerprint density at radius 2 is 1.96 bits per heavy atom. The number of hydrogen-bond acceptors (Lipinski definition) is 2. The molecule has 3 rings (SSSR count). The van der Waals surface area contributed by atoms with E-state index in [1.807, 2.05) is 6.07 Å². The minimum absolute atomic E-state index is 0. The Morgan fingerprint density at radius 1 is 1.17 bits per heavy atom. The number of fused-ring (bicyclic) bond motifs is 2. The standard InChI is InChI=1S/C18H19F2NO.ClH/c1-21-10-17(22)18-13-8-6-12(19)9-11(13)5-7-14-15(18)3-2-4-16(14)20;/h2-4,6,8-9,17-18,21-22H,5,7,10H2,1H3;1H. The third-order valence-electron chi connectivity index (χ3n) is 4.37. The Morgan fingerprint density at radius 3 is 2.70 bits per heavy atom. The molecule has 1 aliphatic carbocycles. The predicted molar refractivity (Wildman–Crippen MR) is 89.2 cm³/mol. The second-order valence-corrected chi connectivity index (χ2v) is 5.75. The number of hydrogen-bond donors (Lipinski definition) is 2. The molecule has 2 aromatic carbocycles. The number of nitrogens with one attached hydrogen (secondary N) is 1. The zero-order valence-electron chi connectivity index (χ0n) is 12.9. The van der Waals surface area contributed by atoms with Gasteiger partial charge in [-0.1, -0.05) is 18.2 Å². The van der Waals surface area contributed by atoms with E-state index < -0.39 is 6.10 Å². The molecule has 1 aliphatic rings. The molecule has 2 unspecified atom stereocenters. The molecule has 0 saturated carbocycles. The van der Waals surface area contributed by atoms with Crippen LogP contribution in [0.1, 0.15) is 28.2 Å². The third-order valence-corrected chi connectivity index (χ3v) is 4.37. The molecular formula is C18H20ClF2NO. The van der Waals surface area contributed by atoms with Crippen molar-refractivity contribution in [2.45, 2.75) is 24.9 Å². The van der Waals surface area contributed by atoms with Crippen molar-refractivity contribution in [1.82, 2.24) is 5.32 Å². The van der Waals surface area contributed by atoms with Gasteiger partial charge >= 0.3 is 0 Å². The van der Waals surface area contributed by atoms with E-state index in [0.29, 0.717) is 24.9 Å². The van der Waals surface area contributed by atoms with Gasteiger partial charge in [-0.05, 0) is 60.3 Å². The zero-order valence-corrected chi connectivity index (χ0v) is 13.7. The van der Waals surface area contributed by atoms with E-state index in [2.05, 4.69) is 5.32 Å². The second-order valence-electron chi connectivity index (χ2n) is 5.75. The Hall–Kier alpha value is -1.49. The van der Waals surface area contributed by atoms with Gasteiger partial charge in [0.15, 0.2) is 0 Å². The van der Waals surface area contributed by atoms with Crippen molar-refractivity contribution in [2.24, 2.45) is 0 Å². The summed E-state index contributed by atoms with van der Waals surface area (Å²) in [6.45, 7) is 0.386. The van der Waals surface area contributed by atoms with Crippen LogP contribution in [0.25, 0.3) is 0 Å². The molecule has 2 aromatic rings. The summed E-state index contributed by atoms with van der Waals surface area (Å²) in [6, 6.07) is 9.59. The van der Waals surface area contributed by atoms with Crippen molar-refractivity contribution in [1.29, 1.82) is 0 Å². The van der Waals surface area contributed by atoms with Crippen LogP contribution in [0.2, 0.25) is 0 Å². The Labute approximate surface area is 141 Å². The first-order valence-corrected chi connectivity index (χ1v) is 7.50. The first-order valence-electron chi connectivity index (χ1n) is 7.50. The minimum Gasteiger partial charge on any atom is -0.391 e. The maximum Gasteiger partial charge on any atom is 0.126 e. The molecule has 0 spiro atoms. The smallest absolute Gasteiger partial charge is 0.126 e. The highest BCUT2D eigenvalue weighted by atomic mass is 35.5. The summed E-state index contributed by atoms with van der Waals surface area (Å²) in [5.41, 5.74) is 3.15. The van der Waals surface area contributed by atoms with Gasteiger partial charge in [0.1, 0.15) is 11.6 Å². The van der Waals surface area contributed by atoms with Crippen LogP contribution in [0.4, 0.5) is 8.78 Å². The number of aliphatic hydroxyl groups excluding tert-OH is 1. The number of aliphatic hydroxyl groups is 1. The fourth-order valence-electron chi connectivity index (χ4n) is 3.39. The average Bonchev–Trinajstić information content (AvgIpc) is 2.65. The highest BCUT2D eigenvalue weighted by Crippen LogP contribution is 2.37. The summed E-state index contributed by atoms with van der Waals surface area (Å²) >= 11 is 0. The van der Waals surface area contributed by atoms with Crippen LogP contribution in [-0.4, -0.2) is 24.8 Å². The van der Waals surface area contributed by atoms with Crippen molar-refractivity contribution in [3.63, 3.8) is 0 Å². The normalized spacial score (nSPS) is 17.5. The largest absolute Gasteiger partial charge is 0.391 e. The van der Waals surface area contributed by atoms with Crippen molar-refractivity contribution >= 4 is 12.4 Å². The van der Waals surface area contributed by atoms with E-state index >= 15 is 0 Å². The molecule has 0 aliphatic heterocycles. The van der Waals surface area contributed by atoms with Crippen molar-refractivity contribution in [3.8, 4) is 0 Å². The molecule has 0 heterocycles. The highest BCUT2D eigenvalue weighted by Gasteiger charge is 2.30. The maximum atomic E-state index is 14.2. The second kappa shape index (κ2) is 7.39. The quantitative estimate of drug-likeness (QED) is 0.900. The lowest BCUT2D eigenvalue weighted by Gasteiger charge is -2.25. The number of halogens is 3. The summed E-state index contributed by atoms with van der Waals surface area (Å²) in [6.07, 6.45) is 0.387. The summed E-state index contributed by atoms with van der Waals surface area (Å²) in [5, 5.41) is 13.5. The first kappa shape index (κ1) is 17.9. The number of benzene rings is 2. The molecule has 2 nitrogen and oxygen atoms in total. The molecule has 23 heavy (non-hydrogen) atoms. The van der Waals surface area contributed by atoms with Crippen molar-refractivity contribution < 1.29 is 13.9 Å². The number of rotatable bonds is 3. The van der Waals surface area contributed by atoms with Gasteiger partial charge in [-0.15, -0.1) is 12.4 Å². The van der Waals surface area contributed by atoms with E-state index in [1.165, 1.54) is 18.2 Å². The van der Waals surface area contributed by atoms with Crippen LogP contribution in [0, 0.1) is 11.6 Å². The summed E-state index contributed by atoms with van der Waals surface area (Å²) in [4.78, 5) is 0. The molecule has 0 amide bonds. The number of likely N-dealkylation sites (N-methyl/N-ethyl adjacent to an activating group) is 1. The monoisotopic (exact) mass is 339 g/mol. The summed E-state index contributed by atoms with van der Waals surface area (Å²) < 4.78 is 27.8. The van der Waals surface area contributed by atoms with Crippen LogP contribution in [0.5, 0.6) is 0 Å². The molecule has 5 heteroatoms.